The van der Waals surface area contributed by atoms with Crippen molar-refractivity contribution < 1.29 is 19.4 Å². The van der Waals surface area contributed by atoms with Gasteiger partial charge in [0.25, 0.3) is 5.91 Å². The molecule has 1 saturated carbocycles. The van der Waals surface area contributed by atoms with Crippen molar-refractivity contribution in [2.75, 3.05) is 6.61 Å². The molecule has 1 aliphatic carbocycles. The summed E-state index contributed by atoms with van der Waals surface area (Å²) in [7, 11) is 0. The number of aliphatic carboxylic acids is 1. The van der Waals surface area contributed by atoms with Crippen LogP contribution in [-0.2, 0) is 14.3 Å². The first-order chi connectivity index (χ1) is 9.56. The van der Waals surface area contributed by atoms with E-state index in [1.165, 1.54) is 17.7 Å². The van der Waals surface area contributed by atoms with Crippen molar-refractivity contribution in [1.82, 2.24) is 4.90 Å². The average molecular weight is 295 g/mol. The predicted octanol–water partition coefficient (Wildman–Crippen LogP) is 1.59. The minimum Gasteiger partial charge on any atom is -0.477 e. The third-order valence-electron chi connectivity index (χ3n) is 4.95. The first kappa shape index (κ1) is 12.7. The topological polar surface area (TPSA) is 70.1 Å². The largest absolute Gasteiger partial charge is 0.477 e. The van der Waals surface area contributed by atoms with Crippen molar-refractivity contribution in [2.24, 2.45) is 5.92 Å². The number of fused-ring (bicyclic) bond motifs is 2. The van der Waals surface area contributed by atoms with Gasteiger partial charge in [-0.2, -0.15) is 0 Å². The number of hydrogen-bond donors (Lipinski definition) is 1. The molecule has 6 heteroatoms. The number of hydrogen-bond acceptors (Lipinski definition) is 4. The lowest BCUT2D eigenvalue weighted by Gasteiger charge is -2.43. The lowest BCUT2D eigenvalue weighted by molar-refractivity contribution is -0.158. The van der Waals surface area contributed by atoms with Crippen molar-refractivity contribution in [2.45, 2.75) is 49.5 Å². The predicted molar refractivity (Wildman–Crippen MR) is 73.0 cm³/mol. The fourth-order valence-electron chi connectivity index (χ4n) is 3.87. The summed E-state index contributed by atoms with van der Waals surface area (Å²) in [6, 6.07) is -0.0926. The van der Waals surface area contributed by atoms with Crippen LogP contribution in [0, 0.1) is 5.92 Å². The monoisotopic (exact) mass is 295 g/mol. The molecule has 3 aliphatic heterocycles. The third-order valence-corrected chi connectivity index (χ3v) is 6.58. The molecule has 2 saturated heterocycles. The Kier molecular flexibility index (Phi) is 2.55. The maximum Gasteiger partial charge on any atom is 0.353 e. The van der Waals surface area contributed by atoms with E-state index in [2.05, 4.69) is 0 Å². The second-order valence-corrected chi connectivity index (χ2v) is 7.47. The maximum atomic E-state index is 12.2. The van der Waals surface area contributed by atoms with Gasteiger partial charge in [-0.25, -0.2) is 4.79 Å². The minimum atomic E-state index is -0.983. The third kappa shape index (κ3) is 1.44. The fraction of sp³-hybridized carbons (Fsp3) is 0.714. The zero-order valence-electron chi connectivity index (χ0n) is 11.3. The van der Waals surface area contributed by atoms with Gasteiger partial charge in [-0.05, 0) is 12.8 Å². The average Bonchev–Trinajstić information content (AvgIpc) is 3.00. The van der Waals surface area contributed by atoms with E-state index in [-0.39, 0.29) is 23.6 Å². The van der Waals surface area contributed by atoms with E-state index in [0.29, 0.717) is 11.9 Å². The van der Waals surface area contributed by atoms with Crippen LogP contribution < -0.4 is 0 Å². The normalized spacial score (nSPS) is 39.5. The lowest BCUT2D eigenvalue weighted by Crippen LogP contribution is -2.67. The Hall–Kier alpha value is -1.01. The van der Waals surface area contributed by atoms with E-state index in [9.17, 15) is 14.7 Å². The summed E-state index contributed by atoms with van der Waals surface area (Å²) in [6.45, 7) is 2.48. The molecule has 3 heterocycles. The number of β-lactam (4-membered cyclic amide) rings is 1. The maximum absolute atomic E-state index is 12.2. The first-order valence-electron chi connectivity index (χ1n) is 7.18. The number of nitrogens with zero attached hydrogens (tertiary/aromatic N) is 1. The molecule has 4 aliphatic rings. The van der Waals surface area contributed by atoms with Crippen LogP contribution in [0.4, 0.5) is 0 Å². The van der Waals surface area contributed by atoms with Crippen molar-refractivity contribution >= 4 is 23.6 Å². The summed E-state index contributed by atoms with van der Waals surface area (Å²) in [5.41, 5.74) is -0.469. The second kappa shape index (κ2) is 4.01. The van der Waals surface area contributed by atoms with E-state index < -0.39 is 11.6 Å². The number of amides is 1. The molecule has 3 atom stereocenters. The number of carbonyl (C=O) groups is 2. The molecule has 5 nitrogen and oxygen atoms in total. The Balaban J connectivity index is 1.67. The van der Waals surface area contributed by atoms with Gasteiger partial charge >= 0.3 is 5.97 Å². The fourth-order valence-corrected chi connectivity index (χ4v) is 5.44. The van der Waals surface area contributed by atoms with Gasteiger partial charge in [0, 0.05) is 16.1 Å². The molecule has 3 unspecified atom stereocenters. The molecule has 0 aromatic carbocycles. The molecule has 4 rings (SSSR count). The van der Waals surface area contributed by atoms with Gasteiger partial charge in [0.1, 0.15) is 5.70 Å². The molecule has 20 heavy (non-hydrogen) atoms. The zero-order valence-corrected chi connectivity index (χ0v) is 12.1. The molecule has 0 aromatic heterocycles. The Morgan fingerprint density at radius 1 is 1.45 bits per heavy atom. The summed E-state index contributed by atoms with van der Waals surface area (Å²) in [5, 5.41) is 10.0. The summed E-state index contributed by atoms with van der Waals surface area (Å²) >= 11 is 1.69. The van der Waals surface area contributed by atoms with Gasteiger partial charge in [0.2, 0.25) is 0 Å². The number of rotatable bonds is 3. The molecule has 108 valence electrons. The summed E-state index contributed by atoms with van der Waals surface area (Å²) in [6.07, 6.45) is 4.74. The Labute approximate surface area is 121 Å². The van der Waals surface area contributed by atoms with Gasteiger partial charge in [-0.3, -0.25) is 9.69 Å². The highest BCUT2D eigenvalue weighted by Crippen LogP contribution is 2.58. The Bertz CT molecular complexity index is 533. The molecular weight excluding hydrogens is 278 g/mol. The van der Waals surface area contributed by atoms with Gasteiger partial charge in [-0.1, -0.05) is 19.8 Å². The van der Waals surface area contributed by atoms with Crippen molar-refractivity contribution in [3.05, 3.63) is 10.6 Å². The number of carboxylic acid groups (broad SMARTS) is 1. The van der Waals surface area contributed by atoms with Crippen LogP contribution in [-0.4, -0.2) is 45.4 Å². The van der Waals surface area contributed by atoms with Crippen LogP contribution in [0.2, 0.25) is 0 Å². The highest BCUT2D eigenvalue weighted by atomic mass is 32.2. The summed E-state index contributed by atoms with van der Waals surface area (Å²) < 4.78 is 5.35. The molecule has 3 fully saturated rings. The van der Waals surface area contributed by atoms with Gasteiger partial charge in [0.15, 0.2) is 5.60 Å². The summed E-state index contributed by atoms with van der Waals surface area (Å²) in [4.78, 5) is 26.1. The number of epoxide rings is 1. The van der Waals surface area contributed by atoms with Crippen LogP contribution in [0.3, 0.4) is 0 Å². The van der Waals surface area contributed by atoms with Crippen molar-refractivity contribution in [1.29, 1.82) is 0 Å². The van der Waals surface area contributed by atoms with Crippen LogP contribution in [0.5, 0.6) is 0 Å². The smallest absolute Gasteiger partial charge is 0.353 e. The SMILES string of the molecule is CC1C(SC2CCCC2)=C(C(=O)O)N2C(=O)C3(CO3)C12. The van der Waals surface area contributed by atoms with E-state index in [0.717, 1.165) is 17.7 Å². The van der Waals surface area contributed by atoms with E-state index in [1.807, 2.05) is 6.92 Å². The molecule has 0 bridgehead atoms. The van der Waals surface area contributed by atoms with Gasteiger partial charge < -0.3 is 9.84 Å². The molecule has 0 radical (unpaired) electrons. The number of carboxylic acids is 1. The quantitative estimate of drug-likeness (QED) is 0.632. The van der Waals surface area contributed by atoms with E-state index >= 15 is 0 Å². The molecule has 1 amide bonds. The van der Waals surface area contributed by atoms with E-state index in [4.69, 9.17) is 4.74 Å². The van der Waals surface area contributed by atoms with Crippen molar-refractivity contribution in [3.8, 4) is 0 Å². The summed E-state index contributed by atoms with van der Waals surface area (Å²) in [5.74, 6) is -1.07. The Morgan fingerprint density at radius 2 is 2.10 bits per heavy atom. The van der Waals surface area contributed by atoms with Crippen LogP contribution in [0.1, 0.15) is 32.6 Å². The standard InChI is InChI=1S/C14H17NO4S/c1-7-10(20-8-4-2-3-5-8)9(12(16)17)15-11(7)14(6-19-14)13(15)18/h7-8,11H,2-6H2,1H3,(H,16,17). The van der Waals surface area contributed by atoms with Gasteiger partial charge in [-0.15, -0.1) is 11.8 Å². The van der Waals surface area contributed by atoms with Gasteiger partial charge in [0.05, 0.1) is 12.6 Å². The zero-order chi connectivity index (χ0) is 14.1. The first-order valence-corrected chi connectivity index (χ1v) is 8.06. The number of carbonyl (C=O) groups excluding carboxylic acids is 1. The highest BCUT2D eigenvalue weighted by Gasteiger charge is 2.76. The van der Waals surface area contributed by atoms with Crippen LogP contribution >= 0.6 is 11.8 Å². The molecular formula is C14H17NO4S. The van der Waals surface area contributed by atoms with Crippen LogP contribution in [0.15, 0.2) is 10.6 Å². The molecule has 0 aromatic rings. The molecule has 1 N–H and O–H groups in total. The van der Waals surface area contributed by atoms with Crippen LogP contribution in [0.25, 0.3) is 0 Å². The Morgan fingerprint density at radius 3 is 2.65 bits per heavy atom. The van der Waals surface area contributed by atoms with E-state index in [1.54, 1.807) is 11.8 Å². The van der Waals surface area contributed by atoms with Crippen molar-refractivity contribution in [3.63, 3.8) is 0 Å². The minimum absolute atomic E-state index is 0.0758. The number of thioether (sulfide) groups is 1. The molecule has 1 spiro atoms. The number of ether oxygens (including phenoxy) is 1. The second-order valence-electron chi connectivity index (χ2n) is 6.13. The lowest BCUT2D eigenvalue weighted by atomic mass is 9.82. The highest BCUT2D eigenvalue weighted by molar-refractivity contribution is 8.03.